The van der Waals surface area contributed by atoms with Crippen molar-refractivity contribution in [3.05, 3.63) is 0 Å². The molecule has 2 nitrogen and oxygen atoms in total. The largest absolute Gasteiger partial charge is 0.285 e. The second-order valence-electron chi connectivity index (χ2n) is 5.30. The van der Waals surface area contributed by atoms with Crippen molar-refractivity contribution in [2.24, 2.45) is 5.92 Å². The molecule has 2 fully saturated rings. The lowest BCUT2D eigenvalue weighted by molar-refractivity contribution is 0.0847. The Morgan fingerprint density at radius 2 is 2.00 bits per heavy atom. The first-order chi connectivity index (χ1) is 7.31. The third-order valence-corrected chi connectivity index (χ3v) is 4.07. The van der Waals surface area contributed by atoms with Gasteiger partial charge in [0.2, 0.25) is 0 Å². The van der Waals surface area contributed by atoms with Crippen LogP contribution in [0, 0.1) is 17.2 Å². The molecular weight excluding hydrogens is 184 g/mol. The second kappa shape index (κ2) is 4.99. The van der Waals surface area contributed by atoms with Crippen LogP contribution in [0.15, 0.2) is 0 Å². The number of piperidine rings is 1. The normalized spacial score (nSPS) is 38.5. The average Bonchev–Trinajstić information content (AvgIpc) is 2.29. The maximum absolute atomic E-state index is 9.17. The third-order valence-electron chi connectivity index (χ3n) is 4.07. The van der Waals surface area contributed by atoms with Crippen LogP contribution in [-0.2, 0) is 0 Å². The molecule has 1 aliphatic carbocycles. The fraction of sp³-hybridized carbons (Fsp3) is 0.923. The molecule has 84 valence electrons. The van der Waals surface area contributed by atoms with Gasteiger partial charge in [0.1, 0.15) is 0 Å². The van der Waals surface area contributed by atoms with Crippen LogP contribution < -0.4 is 0 Å². The van der Waals surface area contributed by atoms with E-state index < -0.39 is 0 Å². The topological polar surface area (TPSA) is 27.0 Å². The lowest BCUT2D eigenvalue weighted by atomic mass is 9.84. The Morgan fingerprint density at radius 1 is 1.13 bits per heavy atom. The van der Waals surface area contributed by atoms with E-state index in [2.05, 4.69) is 17.9 Å². The van der Waals surface area contributed by atoms with E-state index in [1.807, 2.05) is 0 Å². The quantitative estimate of drug-likeness (QED) is 0.659. The Hall–Kier alpha value is -0.550. The van der Waals surface area contributed by atoms with Gasteiger partial charge in [-0.25, -0.2) is 0 Å². The monoisotopic (exact) mass is 206 g/mol. The van der Waals surface area contributed by atoms with Gasteiger partial charge in [0.15, 0.2) is 0 Å². The zero-order valence-electron chi connectivity index (χ0n) is 9.78. The SMILES string of the molecule is CC1CCCC(N2CCCCC2C#N)C1. The first-order valence-corrected chi connectivity index (χ1v) is 6.46. The van der Waals surface area contributed by atoms with Crippen molar-refractivity contribution in [3.63, 3.8) is 0 Å². The molecule has 2 rings (SSSR count). The van der Waals surface area contributed by atoms with Gasteiger partial charge in [-0.3, -0.25) is 4.90 Å². The van der Waals surface area contributed by atoms with Crippen LogP contribution >= 0.6 is 0 Å². The van der Waals surface area contributed by atoms with Gasteiger partial charge >= 0.3 is 0 Å². The Kier molecular flexibility index (Phi) is 3.64. The van der Waals surface area contributed by atoms with Crippen molar-refractivity contribution in [3.8, 4) is 6.07 Å². The number of nitriles is 1. The van der Waals surface area contributed by atoms with Crippen molar-refractivity contribution in [1.29, 1.82) is 5.26 Å². The molecule has 0 amide bonds. The zero-order chi connectivity index (χ0) is 10.7. The zero-order valence-corrected chi connectivity index (χ0v) is 9.78. The van der Waals surface area contributed by atoms with Crippen LogP contribution in [-0.4, -0.2) is 23.5 Å². The lowest BCUT2D eigenvalue weighted by Crippen LogP contribution is -2.47. The molecule has 3 atom stereocenters. The molecule has 0 radical (unpaired) electrons. The maximum Gasteiger partial charge on any atom is 0.0980 e. The molecule has 1 saturated carbocycles. The van der Waals surface area contributed by atoms with Gasteiger partial charge in [-0.05, 0) is 44.6 Å². The number of hydrogen-bond acceptors (Lipinski definition) is 2. The lowest BCUT2D eigenvalue weighted by Gasteiger charge is -2.41. The highest BCUT2D eigenvalue weighted by molar-refractivity contribution is 4.97. The maximum atomic E-state index is 9.17. The van der Waals surface area contributed by atoms with Gasteiger partial charge in [0.05, 0.1) is 12.1 Å². The van der Waals surface area contributed by atoms with Crippen molar-refractivity contribution in [2.75, 3.05) is 6.54 Å². The fourth-order valence-corrected chi connectivity index (χ4v) is 3.23. The van der Waals surface area contributed by atoms with E-state index in [-0.39, 0.29) is 6.04 Å². The van der Waals surface area contributed by atoms with Crippen LogP contribution in [0.25, 0.3) is 0 Å². The highest BCUT2D eigenvalue weighted by atomic mass is 15.2. The standard InChI is InChI=1S/C13H22N2/c1-11-5-4-7-12(9-11)15-8-3-2-6-13(15)10-14/h11-13H,2-9H2,1H3. The first-order valence-electron chi connectivity index (χ1n) is 6.46. The van der Waals surface area contributed by atoms with Crippen LogP contribution in [0.1, 0.15) is 51.9 Å². The number of likely N-dealkylation sites (tertiary alicyclic amines) is 1. The van der Waals surface area contributed by atoms with E-state index in [4.69, 9.17) is 5.26 Å². The second-order valence-corrected chi connectivity index (χ2v) is 5.30. The number of rotatable bonds is 1. The summed E-state index contributed by atoms with van der Waals surface area (Å²) in [6, 6.07) is 3.42. The highest BCUT2D eigenvalue weighted by Gasteiger charge is 2.31. The molecule has 15 heavy (non-hydrogen) atoms. The van der Waals surface area contributed by atoms with Crippen LogP contribution in [0.2, 0.25) is 0 Å². The van der Waals surface area contributed by atoms with Crippen molar-refractivity contribution in [1.82, 2.24) is 4.90 Å². The van der Waals surface area contributed by atoms with Crippen molar-refractivity contribution >= 4 is 0 Å². The average molecular weight is 206 g/mol. The molecule has 0 aromatic rings. The molecule has 1 heterocycles. The van der Waals surface area contributed by atoms with E-state index in [0.29, 0.717) is 6.04 Å². The smallest absolute Gasteiger partial charge is 0.0980 e. The first kappa shape index (κ1) is 11.0. The number of hydrogen-bond donors (Lipinski definition) is 0. The predicted octanol–water partition coefficient (Wildman–Crippen LogP) is 2.94. The minimum atomic E-state index is 0.217. The van der Waals surface area contributed by atoms with Gasteiger partial charge in [-0.1, -0.05) is 19.8 Å². The summed E-state index contributed by atoms with van der Waals surface area (Å²) in [5.41, 5.74) is 0. The molecule has 0 N–H and O–H groups in total. The van der Waals surface area contributed by atoms with E-state index in [9.17, 15) is 0 Å². The molecule has 0 aromatic carbocycles. The van der Waals surface area contributed by atoms with Gasteiger partial charge in [0, 0.05) is 6.04 Å². The van der Waals surface area contributed by atoms with E-state index in [1.54, 1.807) is 0 Å². The summed E-state index contributed by atoms with van der Waals surface area (Å²) >= 11 is 0. The minimum Gasteiger partial charge on any atom is -0.285 e. The van der Waals surface area contributed by atoms with Gasteiger partial charge in [0.25, 0.3) is 0 Å². The Morgan fingerprint density at radius 3 is 2.73 bits per heavy atom. The van der Waals surface area contributed by atoms with Crippen LogP contribution in [0.5, 0.6) is 0 Å². The van der Waals surface area contributed by atoms with Crippen molar-refractivity contribution in [2.45, 2.75) is 64.0 Å². The van der Waals surface area contributed by atoms with Gasteiger partial charge in [-0.2, -0.15) is 5.26 Å². The summed E-state index contributed by atoms with van der Waals surface area (Å²) in [6.07, 6.45) is 9.03. The van der Waals surface area contributed by atoms with Gasteiger partial charge < -0.3 is 0 Å². The van der Waals surface area contributed by atoms with E-state index >= 15 is 0 Å². The molecular formula is C13H22N2. The number of nitrogens with zero attached hydrogens (tertiary/aromatic N) is 2. The third kappa shape index (κ3) is 2.52. The summed E-state index contributed by atoms with van der Waals surface area (Å²) in [7, 11) is 0. The summed E-state index contributed by atoms with van der Waals surface area (Å²) < 4.78 is 0. The predicted molar refractivity (Wildman–Crippen MR) is 61.4 cm³/mol. The van der Waals surface area contributed by atoms with E-state index in [1.165, 1.54) is 38.5 Å². The minimum absolute atomic E-state index is 0.217. The Balaban J connectivity index is 1.98. The molecule has 2 aliphatic rings. The summed E-state index contributed by atoms with van der Waals surface area (Å²) in [5.74, 6) is 0.866. The summed E-state index contributed by atoms with van der Waals surface area (Å²) in [6.45, 7) is 3.52. The van der Waals surface area contributed by atoms with Crippen LogP contribution in [0.4, 0.5) is 0 Å². The highest BCUT2D eigenvalue weighted by Crippen LogP contribution is 2.31. The molecule has 0 bridgehead atoms. The fourth-order valence-electron chi connectivity index (χ4n) is 3.23. The molecule has 0 spiro atoms. The molecule has 1 aliphatic heterocycles. The Bertz CT molecular complexity index is 243. The Labute approximate surface area is 93.3 Å². The van der Waals surface area contributed by atoms with E-state index in [0.717, 1.165) is 18.9 Å². The molecule has 2 heteroatoms. The summed E-state index contributed by atoms with van der Waals surface area (Å²) in [4.78, 5) is 2.50. The van der Waals surface area contributed by atoms with Crippen molar-refractivity contribution < 1.29 is 0 Å². The molecule has 3 unspecified atom stereocenters. The van der Waals surface area contributed by atoms with Gasteiger partial charge in [-0.15, -0.1) is 0 Å². The summed E-state index contributed by atoms with van der Waals surface area (Å²) in [5, 5.41) is 9.17. The van der Waals surface area contributed by atoms with Crippen LogP contribution in [0.3, 0.4) is 0 Å². The molecule has 1 saturated heterocycles. The molecule has 0 aromatic heterocycles.